The lowest BCUT2D eigenvalue weighted by molar-refractivity contribution is -0.683. The van der Waals surface area contributed by atoms with Gasteiger partial charge in [0.1, 0.15) is 6.61 Å². The zero-order chi connectivity index (χ0) is 19.8. The average molecular weight is 475 g/mol. The Hall–Kier alpha value is -2.84. The number of aromatic nitrogens is 1. The fourth-order valence-corrected chi connectivity index (χ4v) is 3.12. The first kappa shape index (κ1) is 22.4. The van der Waals surface area contributed by atoms with E-state index < -0.39 is 5.97 Å². The van der Waals surface area contributed by atoms with Crippen molar-refractivity contribution in [2.75, 3.05) is 13.2 Å². The number of rotatable bonds is 8. The van der Waals surface area contributed by atoms with Crippen LogP contribution < -0.4 is 26.9 Å². The van der Waals surface area contributed by atoms with Gasteiger partial charge in [0.2, 0.25) is 12.3 Å². The maximum absolute atomic E-state index is 12.2. The molecular weight excluding hydrogens is 456 g/mol. The number of nitrogens with zero attached hydrogens (tertiary/aromatic N) is 1. The molecule has 0 aliphatic carbocycles. The quantitative estimate of drug-likeness (QED) is 0.207. The van der Waals surface area contributed by atoms with E-state index >= 15 is 0 Å². The first-order valence-electron chi connectivity index (χ1n) is 8.69. The molecule has 29 heavy (non-hydrogen) atoms. The summed E-state index contributed by atoms with van der Waals surface area (Å²) in [6.07, 6.45) is 3.38. The number of pyridine rings is 1. The lowest BCUT2D eigenvalue weighted by atomic mass is 10.2. The molecule has 1 amide bonds. The van der Waals surface area contributed by atoms with Gasteiger partial charge in [0.15, 0.2) is 12.4 Å². The van der Waals surface area contributed by atoms with Gasteiger partial charge in [-0.1, -0.05) is 24.3 Å². The number of ether oxygens (including phenoxy) is 1. The molecule has 0 fully saturated rings. The van der Waals surface area contributed by atoms with Gasteiger partial charge in [-0.05, 0) is 23.6 Å². The predicted octanol–water partition coefficient (Wildman–Crippen LogP) is -0.491. The lowest BCUT2D eigenvalue weighted by Gasteiger charge is -2.06. The average Bonchev–Trinajstić information content (AvgIpc) is 3.27. The van der Waals surface area contributed by atoms with Crippen LogP contribution >= 0.6 is 11.3 Å². The third kappa shape index (κ3) is 6.62. The lowest BCUT2D eigenvalue weighted by Crippen LogP contribution is -3.00. The first-order valence-corrected chi connectivity index (χ1v) is 9.57. The maximum Gasteiger partial charge on any atom is 0.338 e. The van der Waals surface area contributed by atoms with Gasteiger partial charge in [0.05, 0.1) is 22.5 Å². The molecular formula is C21H19BrN2O4S. The van der Waals surface area contributed by atoms with Crippen molar-refractivity contribution in [2.45, 2.75) is 6.54 Å². The molecule has 0 atom stereocenters. The van der Waals surface area contributed by atoms with Gasteiger partial charge in [-0.2, -0.15) is 4.57 Å². The molecule has 0 aliphatic heterocycles. The predicted molar refractivity (Wildman–Crippen MR) is 104 cm³/mol. The van der Waals surface area contributed by atoms with Crippen LogP contribution in [-0.4, -0.2) is 30.8 Å². The van der Waals surface area contributed by atoms with Gasteiger partial charge in [-0.3, -0.25) is 9.59 Å². The number of hydrogen-bond donors (Lipinski definition) is 1. The molecule has 0 aliphatic rings. The molecule has 6 nitrogen and oxygen atoms in total. The number of nitrogens with one attached hydrogen (secondary N) is 1. The van der Waals surface area contributed by atoms with Crippen LogP contribution in [0.25, 0.3) is 0 Å². The second kappa shape index (κ2) is 11.2. The fraction of sp³-hybridized carbons (Fsp3) is 0.143. The van der Waals surface area contributed by atoms with Crippen LogP contribution in [0.5, 0.6) is 0 Å². The third-order valence-electron chi connectivity index (χ3n) is 3.91. The number of carbonyl (C=O) groups is 3. The van der Waals surface area contributed by atoms with E-state index in [4.69, 9.17) is 4.74 Å². The van der Waals surface area contributed by atoms with Crippen LogP contribution in [0, 0.1) is 0 Å². The van der Waals surface area contributed by atoms with E-state index in [-0.39, 0.29) is 48.4 Å². The van der Waals surface area contributed by atoms with Crippen molar-refractivity contribution < 1.29 is 40.7 Å². The van der Waals surface area contributed by atoms with E-state index in [1.165, 1.54) is 11.3 Å². The summed E-state index contributed by atoms with van der Waals surface area (Å²) in [5.41, 5.74) is 0.938. The molecule has 1 aromatic carbocycles. The fourth-order valence-electron chi connectivity index (χ4n) is 2.46. The summed E-state index contributed by atoms with van der Waals surface area (Å²) in [6, 6.07) is 15.6. The molecule has 3 aromatic rings. The number of Topliss-reactive ketones (excluding diaryl/α,β-unsaturated/α-hetero) is 1. The molecule has 2 aromatic heterocycles. The van der Waals surface area contributed by atoms with Gasteiger partial charge < -0.3 is 27.0 Å². The van der Waals surface area contributed by atoms with Crippen LogP contribution in [0.1, 0.15) is 30.4 Å². The number of hydrogen-bond acceptors (Lipinski definition) is 5. The molecule has 0 saturated carbocycles. The molecule has 0 radical (unpaired) electrons. The monoisotopic (exact) mass is 474 g/mol. The molecule has 0 unspecified atom stereocenters. The van der Waals surface area contributed by atoms with Crippen LogP contribution in [-0.2, 0) is 11.3 Å². The standard InChI is InChI=1S/C21H18N2O4S.BrH/c24-18(19-7-4-14-28-19)15-23-11-8-16(9-12-23)20(25)22-10-13-27-21(26)17-5-2-1-3-6-17;/h1-9,11-12,14H,10,13,15H2;1H. The Balaban J connectivity index is 0.00000300. The van der Waals surface area contributed by atoms with Crippen molar-refractivity contribution in [1.82, 2.24) is 5.32 Å². The minimum atomic E-state index is -0.425. The Morgan fingerprint density at radius 3 is 2.31 bits per heavy atom. The van der Waals surface area contributed by atoms with Crippen LogP contribution in [0.3, 0.4) is 0 Å². The first-order chi connectivity index (χ1) is 13.6. The van der Waals surface area contributed by atoms with Crippen molar-refractivity contribution in [3.05, 3.63) is 88.4 Å². The molecule has 8 heteroatoms. The van der Waals surface area contributed by atoms with Crippen LogP contribution in [0.15, 0.2) is 72.4 Å². The highest BCUT2D eigenvalue weighted by molar-refractivity contribution is 7.12. The number of ketones is 1. The van der Waals surface area contributed by atoms with Crippen LogP contribution in [0.4, 0.5) is 0 Å². The van der Waals surface area contributed by atoms with Crippen molar-refractivity contribution in [3.63, 3.8) is 0 Å². The van der Waals surface area contributed by atoms with Crippen molar-refractivity contribution in [1.29, 1.82) is 0 Å². The normalized spacial score (nSPS) is 9.93. The highest BCUT2D eigenvalue weighted by Gasteiger charge is 2.14. The van der Waals surface area contributed by atoms with Gasteiger partial charge in [0, 0.05) is 12.1 Å². The molecule has 150 valence electrons. The van der Waals surface area contributed by atoms with Crippen molar-refractivity contribution in [3.8, 4) is 0 Å². The number of thiophene rings is 1. The van der Waals surface area contributed by atoms with Crippen molar-refractivity contribution >= 4 is 29.0 Å². The number of halogens is 1. The highest BCUT2D eigenvalue weighted by Crippen LogP contribution is 2.09. The molecule has 0 saturated heterocycles. The topological polar surface area (TPSA) is 76.3 Å². The maximum atomic E-state index is 12.2. The summed E-state index contributed by atoms with van der Waals surface area (Å²) < 4.78 is 6.84. The Bertz CT molecular complexity index is 945. The zero-order valence-corrected chi connectivity index (χ0v) is 17.8. The van der Waals surface area contributed by atoms with Gasteiger partial charge in [-0.15, -0.1) is 11.3 Å². The van der Waals surface area contributed by atoms with Crippen molar-refractivity contribution in [2.24, 2.45) is 0 Å². The highest BCUT2D eigenvalue weighted by atomic mass is 79.9. The van der Waals surface area contributed by atoms with Crippen LogP contribution in [0.2, 0.25) is 0 Å². The largest absolute Gasteiger partial charge is 1.00 e. The van der Waals surface area contributed by atoms with E-state index in [1.54, 1.807) is 59.4 Å². The Labute approximate surface area is 182 Å². The van der Waals surface area contributed by atoms with Gasteiger partial charge in [0.25, 0.3) is 5.91 Å². The summed E-state index contributed by atoms with van der Waals surface area (Å²) in [7, 11) is 0. The summed E-state index contributed by atoms with van der Waals surface area (Å²) in [5, 5.41) is 4.56. The Kier molecular flexibility index (Phi) is 8.69. The van der Waals surface area contributed by atoms with Gasteiger partial charge in [-0.25, -0.2) is 4.79 Å². The molecule has 3 rings (SSSR count). The van der Waals surface area contributed by atoms with Gasteiger partial charge >= 0.3 is 5.97 Å². The minimum Gasteiger partial charge on any atom is -1.00 e. The Morgan fingerprint density at radius 1 is 0.931 bits per heavy atom. The molecule has 1 N–H and O–H groups in total. The van der Waals surface area contributed by atoms with E-state index in [1.807, 2.05) is 17.5 Å². The summed E-state index contributed by atoms with van der Waals surface area (Å²) in [6.45, 7) is 0.516. The smallest absolute Gasteiger partial charge is 0.338 e. The van der Waals surface area contributed by atoms with E-state index in [2.05, 4.69) is 5.32 Å². The van der Waals surface area contributed by atoms with E-state index in [0.29, 0.717) is 16.0 Å². The summed E-state index contributed by atoms with van der Waals surface area (Å²) >= 11 is 1.41. The van der Waals surface area contributed by atoms with E-state index in [9.17, 15) is 14.4 Å². The number of amides is 1. The second-order valence-electron chi connectivity index (χ2n) is 5.92. The third-order valence-corrected chi connectivity index (χ3v) is 4.82. The number of carbonyl (C=O) groups excluding carboxylic acids is 3. The SMILES string of the molecule is O=C(NCCOC(=O)c1ccccc1)c1cc[n+](CC(=O)c2cccs2)cc1.[Br-]. The summed E-state index contributed by atoms with van der Waals surface area (Å²) in [5.74, 6) is -0.670. The Morgan fingerprint density at radius 2 is 1.66 bits per heavy atom. The number of esters is 1. The van der Waals surface area contributed by atoms with E-state index in [0.717, 1.165) is 0 Å². The summed E-state index contributed by atoms with van der Waals surface area (Å²) in [4.78, 5) is 36.8. The molecule has 0 bridgehead atoms. The minimum absolute atomic E-state index is 0. The molecule has 0 spiro atoms. The zero-order valence-electron chi connectivity index (χ0n) is 15.4. The second-order valence-corrected chi connectivity index (χ2v) is 6.87. The molecule has 2 heterocycles. The number of benzene rings is 1.